The summed E-state index contributed by atoms with van der Waals surface area (Å²) in [6.07, 6.45) is 0. The van der Waals surface area contributed by atoms with Crippen molar-refractivity contribution < 1.29 is 8.83 Å². The second kappa shape index (κ2) is 15.0. The second-order valence-electron chi connectivity index (χ2n) is 17.9. The molecule has 0 radical (unpaired) electrons. The van der Waals surface area contributed by atoms with Crippen LogP contribution >= 0.6 is 0 Å². The van der Waals surface area contributed by atoms with Crippen LogP contribution in [0.3, 0.4) is 0 Å². The SMILES string of the molecule is c1ccc(-c2ccc3c(c2)c2ccccc2n3-c2nc(-c3ccc4c(c3)oc3ccccc34)nc(-c3cccc4oc5c(-c6ccc7c(c6)c6ccccc6n7-c6ccccc6)cccc5c34)n2)cc1. The fraction of sp³-hybridized carbons (Fsp3) is 0. The summed E-state index contributed by atoms with van der Waals surface area (Å²) in [5.41, 5.74) is 14.6. The quantitative estimate of drug-likeness (QED) is 0.166. The van der Waals surface area contributed by atoms with Gasteiger partial charge in [0.1, 0.15) is 22.3 Å². The molecule has 0 N–H and O–H groups in total. The molecule has 0 spiro atoms. The Morgan fingerprint density at radius 1 is 0.300 bits per heavy atom. The van der Waals surface area contributed by atoms with Crippen LogP contribution < -0.4 is 0 Å². The summed E-state index contributed by atoms with van der Waals surface area (Å²) >= 11 is 0. The molecule has 7 nitrogen and oxygen atoms in total. The molecule has 0 amide bonds. The Kier molecular flexibility index (Phi) is 8.23. The van der Waals surface area contributed by atoms with Crippen molar-refractivity contribution in [1.29, 1.82) is 0 Å². The zero-order chi connectivity index (χ0) is 45.9. The molecule has 0 saturated carbocycles. The van der Waals surface area contributed by atoms with E-state index < -0.39 is 0 Å². The molecule has 15 aromatic rings. The van der Waals surface area contributed by atoms with Crippen LogP contribution in [-0.2, 0) is 0 Å². The largest absolute Gasteiger partial charge is 0.456 e. The lowest BCUT2D eigenvalue weighted by atomic mass is 9.99. The number of benzene rings is 10. The highest BCUT2D eigenvalue weighted by atomic mass is 16.3. The molecular weight excluding hydrogens is 859 g/mol. The van der Waals surface area contributed by atoms with Crippen LogP contribution in [0.4, 0.5) is 0 Å². The molecule has 0 bridgehead atoms. The lowest BCUT2D eigenvalue weighted by molar-refractivity contribution is 0.669. The maximum atomic E-state index is 6.94. The summed E-state index contributed by atoms with van der Waals surface area (Å²) in [6, 6.07) is 78.5. The monoisotopic (exact) mass is 895 g/mol. The summed E-state index contributed by atoms with van der Waals surface area (Å²) < 4.78 is 17.9. The van der Waals surface area contributed by atoms with Gasteiger partial charge in [0.15, 0.2) is 11.6 Å². The van der Waals surface area contributed by atoms with Crippen LogP contribution in [0.25, 0.3) is 144 Å². The first-order chi connectivity index (χ1) is 34.7. The zero-order valence-corrected chi connectivity index (χ0v) is 37.4. The molecule has 0 atom stereocenters. The predicted octanol–water partition coefficient (Wildman–Crippen LogP) is 16.5. The van der Waals surface area contributed by atoms with Crippen molar-refractivity contribution in [2.24, 2.45) is 0 Å². The highest BCUT2D eigenvalue weighted by Crippen LogP contribution is 2.43. The van der Waals surface area contributed by atoms with Gasteiger partial charge in [-0.05, 0) is 89.5 Å². The van der Waals surface area contributed by atoms with Gasteiger partial charge in [-0.1, -0.05) is 152 Å². The molecule has 0 fully saturated rings. The maximum absolute atomic E-state index is 6.94. The Morgan fingerprint density at radius 2 is 0.871 bits per heavy atom. The Bertz CT molecular complexity index is 4600. The Labute approximate surface area is 399 Å². The van der Waals surface area contributed by atoms with Crippen molar-refractivity contribution in [2.75, 3.05) is 0 Å². The third-order valence-electron chi connectivity index (χ3n) is 14.0. The number of hydrogen-bond donors (Lipinski definition) is 0. The van der Waals surface area contributed by atoms with E-state index in [1.54, 1.807) is 0 Å². The van der Waals surface area contributed by atoms with Crippen LogP contribution in [0, 0.1) is 0 Å². The predicted molar refractivity (Wildman–Crippen MR) is 285 cm³/mol. The maximum Gasteiger partial charge on any atom is 0.238 e. The molecule has 7 heteroatoms. The first-order valence-corrected chi connectivity index (χ1v) is 23.5. The van der Waals surface area contributed by atoms with Crippen LogP contribution in [0.5, 0.6) is 0 Å². The summed E-state index contributed by atoms with van der Waals surface area (Å²) in [5.74, 6) is 1.57. The second-order valence-corrected chi connectivity index (χ2v) is 17.9. The average Bonchev–Trinajstić information content (AvgIpc) is 4.18. The van der Waals surface area contributed by atoms with E-state index in [4.69, 9.17) is 23.8 Å². The number of rotatable bonds is 6. The number of aromatic nitrogens is 5. The topological polar surface area (TPSA) is 74.8 Å². The number of nitrogens with zero attached hydrogens (tertiary/aromatic N) is 5. The minimum absolute atomic E-state index is 0.511. The molecule has 0 saturated heterocycles. The first-order valence-electron chi connectivity index (χ1n) is 23.5. The molecule has 5 heterocycles. The smallest absolute Gasteiger partial charge is 0.238 e. The van der Waals surface area contributed by atoms with E-state index in [9.17, 15) is 0 Å². The molecule has 0 aliphatic heterocycles. The molecule has 326 valence electrons. The molecule has 0 unspecified atom stereocenters. The molecular formula is C63H37N5O2. The minimum Gasteiger partial charge on any atom is -0.456 e. The Hall–Kier alpha value is -9.59. The Morgan fingerprint density at radius 3 is 1.69 bits per heavy atom. The summed E-state index contributed by atoms with van der Waals surface area (Å²) in [5, 5.41) is 8.62. The lowest BCUT2D eigenvalue weighted by Gasteiger charge is -2.12. The van der Waals surface area contributed by atoms with Crippen molar-refractivity contribution in [1.82, 2.24) is 24.1 Å². The fourth-order valence-corrected chi connectivity index (χ4v) is 10.8. The highest BCUT2D eigenvalue weighted by molar-refractivity contribution is 6.17. The number of hydrogen-bond acceptors (Lipinski definition) is 5. The number of fused-ring (bicyclic) bond motifs is 12. The van der Waals surface area contributed by atoms with E-state index in [-0.39, 0.29) is 0 Å². The third kappa shape index (κ3) is 5.79. The molecule has 70 heavy (non-hydrogen) atoms. The van der Waals surface area contributed by atoms with E-state index >= 15 is 0 Å². The van der Waals surface area contributed by atoms with Gasteiger partial charge in [-0.3, -0.25) is 4.57 Å². The van der Waals surface area contributed by atoms with Crippen LogP contribution in [-0.4, -0.2) is 24.1 Å². The van der Waals surface area contributed by atoms with Crippen molar-refractivity contribution >= 4 is 87.5 Å². The summed E-state index contributed by atoms with van der Waals surface area (Å²) in [7, 11) is 0. The highest BCUT2D eigenvalue weighted by Gasteiger charge is 2.23. The van der Waals surface area contributed by atoms with Crippen LogP contribution in [0.1, 0.15) is 0 Å². The van der Waals surface area contributed by atoms with Gasteiger partial charge in [0, 0.05) is 65.5 Å². The number of para-hydroxylation sites is 5. The van der Waals surface area contributed by atoms with Gasteiger partial charge < -0.3 is 13.4 Å². The standard InChI is InChI=1S/C63H37N5O2/c1-3-15-38(16-4-1)39-30-33-55-50(35-39)45-20-8-11-26-53(45)68(55)63-65-61(41-29-32-47-46-21-9-12-27-56(46)69-58(47)37-41)64-62(66-63)49-24-14-28-57-59(49)48-23-13-22-43(60(48)70-57)40-31-34-54-51(36-40)44-19-7-10-25-52(44)67(54)42-17-5-2-6-18-42/h1-37H. The van der Waals surface area contributed by atoms with Gasteiger partial charge in [-0.25, -0.2) is 4.98 Å². The van der Waals surface area contributed by atoms with Gasteiger partial charge in [0.05, 0.1) is 22.1 Å². The van der Waals surface area contributed by atoms with Crippen molar-refractivity contribution in [2.45, 2.75) is 0 Å². The molecule has 5 aromatic heterocycles. The zero-order valence-electron chi connectivity index (χ0n) is 37.4. The molecule has 10 aromatic carbocycles. The van der Waals surface area contributed by atoms with Gasteiger partial charge in [-0.2, -0.15) is 9.97 Å². The first kappa shape index (κ1) is 38.5. The van der Waals surface area contributed by atoms with Gasteiger partial charge in [-0.15, -0.1) is 0 Å². The molecule has 0 aliphatic carbocycles. The fourth-order valence-electron chi connectivity index (χ4n) is 10.8. The van der Waals surface area contributed by atoms with Crippen molar-refractivity contribution in [3.05, 3.63) is 224 Å². The van der Waals surface area contributed by atoms with Crippen molar-refractivity contribution in [3.63, 3.8) is 0 Å². The summed E-state index contributed by atoms with van der Waals surface area (Å²) in [6.45, 7) is 0. The molecule has 15 rings (SSSR count). The van der Waals surface area contributed by atoms with Crippen molar-refractivity contribution in [3.8, 4) is 56.7 Å². The van der Waals surface area contributed by atoms with Gasteiger partial charge >= 0.3 is 0 Å². The van der Waals surface area contributed by atoms with E-state index in [1.165, 1.54) is 16.3 Å². The lowest BCUT2D eigenvalue weighted by Crippen LogP contribution is -2.06. The van der Waals surface area contributed by atoms with Gasteiger partial charge in [0.2, 0.25) is 5.95 Å². The van der Waals surface area contributed by atoms with E-state index in [0.29, 0.717) is 17.6 Å². The van der Waals surface area contributed by atoms with Gasteiger partial charge in [0.25, 0.3) is 0 Å². The minimum atomic E-state index is 0.511. The third-order valence-corrected chi connectivity index (χ3v) is 14.0. The average molecular weight is 896 g/mol. The number of furan rings is 2. The van der Waals surface area contributed by atoms with Crippen LogP contribution in [0.2, 0.25) is 0 Å². The van der Waals surface area contributed by atoms with E-state index in [2.05, 4.69) is 197 Å². The Balaban J connectivity index is 0.948. The van der Waals surface area contributed by atoms with Crippen LogP contribution in [0.15, 0.2) is 233 Å². The summed E-state index contributed by atoms with van der Waals surface area (Å²) in [4.78, 5) is 16.1. The van der Waals surface area contributed by atoms with E-state index in [0.717, 1.165) is 110 Å². The van der Waals surface area contributed by atoms with E-state index in [1.807, 2.05) is 36.4 Å². The normalized spacial score (nSPS) is 12.0. The molecule has 0 aliphatic rings.